The molecule has 9 heteroatoms. The van der Waals surface area contributed by atoms with E-state index in [1.807, 2.05) is 0 Å². The second-order valence-corrected chi connectivity index (χ2v) is 7.26. The topological polar surface area (TPSA) is 89.3 Å². The molecule has 6 nitrogen and oxygen atoms in total. The highest BCUT2D eigenvalue weighted by Crippen LogP contribution is 2.27. The summed E-state index contributed by atoms with van der Waals surface area (Å²) in [6, 6.07) is 2.80. The number of nitro benzene ring substituents is 1. The van der Waals surface area contributed by atoms with Crippen molar-refractivity contribution >= 4 is 27.5 Å². The van der Waals surface area contributed by atoms with Gasteiger partial charge in [0.2, 0.25) is 15.8 Å². The number of thioether (sulfide) groups is 1. The van der Waals surface area contributed by atoms with Crippen LogP contribution in [-0.2, 0) is 10.0 Å². The molecule has 0 spiro atoms. The van der Waals surface area contributed by atoms with E-state index in [1.54, 1.807) is 11.8 Å². The molecule has 1 aliphatic heterocycles. The Bertz CT molecular complexity index is 615. The molecule has 1 N–H and O–H groups in total. The number of rotatable bonds is 4. The van der Waals surface area contributed by atoms with E-state index in [1.165, 1.54) is 0 Å². The van der Waals surface area contributed by atoms with Crippen molar-refractivity contribution in [2.45, 2.75) is 23.8 Å². The molecule has 1 aromatic carbocycles. The van der Waals surface area contributed by atoms with Crippen molar-refractivity contribution in [3.63, 3.8) is 0 Å². The largest absolute Gasteiger partial charge is 0.324 e. The molecule has 1 heterocycles. The Labute approximate surface area is 120 Å². The lowest BCUT2D eigenvalue weighted by atomic mass is 10.2. The Morgan fingerprint density at radius 3 is 2.60 bits per heavy atom. The van der Waals surface area contributed by atoms with Gasteiger partial charge in [0.05, 0.1) is 4.92 Å². The first kappa shape index (κ1) is 15.2. The predicted molar refractivity (Wildman–Crippen MR) is 73.7 cm³/mol. The van der Waals surface area contributed by atoms with E-state index < -0.39 is 31.3 Å². The highest BCUT2D eigenvalue weighted by molar-refractivity contribution is 7.99. The van der Waals surface area contributed by atoms with E-state index in [0.717, 1.165) is 29.7 Å². The molecule has 0 atom stereocenters. The van der Waals surface area contributed by atoms with Crippen LogP contribution in [0.15, 0.2) is 23.1 Å². The van der Waals surface area contributed by atoms with Crippen LogP contribution in [-0.4, -0.2) is 30.9 Å². The van der Waals surface area contributed by atoms with Gasteiger partial charge in [-0.15, -0.1) is 0 Å². The minimum Gasteiger partial charge on any atom is -0.258 e. The number of nitro groups is 1. The molecule has 110 valence electrons. The number of benzene rings is 1. The van der Waals surface area contributed by atoms with Crippen LogP contribution in [0.3, 0.4) is 0 Å². The summed E-state index contributed by atoms with van der Waals surface area (Å²) in [5, 5.41) is 10.9. The maximum atomic E-state index is 13.5. The van der Waals surface area contributed by atoms with Crippen LogP contribution >= 0.6 is 11.8 Å². The molecule has 2 rings (SSSR count). The van der Waals surface area contributed by atoms with Gasteiger partial charge in [0.15, 0.2) is 4.90 Å². The van der Waals surface area contributed by atoms with Gasteiger partial charge >= 0.3 is 5.69 Å². The smallest absolute Gasteiger partial charge is 0.258 e. The molecular weight excluding hydrogens is 307 g/mol. The van der Waals surface area contributed by atoms with Gasteiger partial charge in [-0.25, -0.2) is 13.1 Å². The van der Waals surface area contributed by atoms with Crippen molar-refractivity contribution in [2.24, 2.45) is 0 Å². The number of para-hydroxylation sites is 1. The maximum Gasteiger partial charge on any atom is 0.324 e. The first-order valence-electron chi connectivity index (χ1n) is 5.95. The van der Waals surface area contributed by atoms with Gasteiger partial charge in [0.1, 0.15) is 0 Å². The molecule has 1 aromatic rings. The number of nitrogens with zero attached hydrogens (tertiary/aromatic N) is 1. The van der Waals surface area contributed by atoms with Crippen LogP contribution in [0.1, 0.15) is 12.8 Å². The Kier molecular flexibility index (Phi) is 4.61. The second kappa shape index (κ2) is 6.06. The first-order chi connectivity index (χ1) is 9.42. The zero-order chi connectivity index (χ0) is 14.8. The van der Waals surface area contributed by atoms with Crippen LogP contribution in [0.4, 0.5) is 10.1 Å². The number of sulfonamides is 1. The summed E-state index contributed by atoms with van der Waals surface area (Å²) in [5.41, 5.74) is -1.01. The molecule has 0 aromatic heterocycles. The quantitative estimate of drug-likeness (QED) is 0.676. The molecule has 0 amide bonds. The molecule has 0 radical (unpaired) electrons. The van der Waals surface area contributed by atoms with Crippen molar-refractivity contribution in [2.75, 3.05) is 11.5 Å². The predicted octanol–water partition coefficient (Wildman–Crippen LogP) is 1.91. The molecule has 0 saturated carbocycles. The summed E-state index contributed by atoms with van der Waals surface area (Å²) in [4.78, 5) is 9.21. The van der Waals surface area contributed by atoms with E-state index in [0.29, 0.717) is 12.8 Å². The van der Waals surface area contributed by atoms with Gasteiger partial charge in [0, 0.05) is 6.04 Å². The molecule has 1 aliphatic rings. The first-order valence-corrected chi connectivity index (χ1v) is 8.58. The maximum absolute atomic E-state index is 13.5. The van der Waals surface area contributed by atoms with E-state index in [4.69, 9.17) is 0 Å². The highest BCUT2D eigenvalue weighted by atomic mass is 32.2. The number of hydrogen-bond acceptors (Lipinski definition) is 5. The molecule has 1 saturated heterocycles. The van der Waals surface area contributed by atoms with Crippen molar-refractivity contribution in [1.82, 2.24) is 4.72 Å². The monoisotopic (exact) mass is 320 g/mol. The summed E-state index contributed by atoms with van der Waals surface area (Å²) < 4.78 is 40.3. The summed E-state index contributed by atoms with van der Waals surface area (Å²) in [6.45, 7) is 0. The zero-order valence-corrected chi connectivity index (χ0v) is 12.0. The summed E-state index contributed by atoms with van der Waals surface area (Å²) >= 11 is 1.73. The molecular formula is C11H13FN2O4S2. The Morgan fingerprint density at radius 2 is 2.00 bits per heavy atom. The summed E-state index contributed by atoms with van der Waals surface area (Å²) in [5.74, 6) is 0.508. The van der Waals surface area contributed by atoms with E-state index in [9.17, 15) is 22.9 Å². The highest BCUT2D eigenvalue weighted by Gasteiger charge is 2.31. The molecule has 0 unspecified atom stereocenters. The van der Waals surface area contributed by atoms with Crippen LogP contribution in [0, 0.1) is 15.9 Å². The number of hydrogen-bond donors (Lipinski definition) is 1. The van der Waals surface area contributed by atoms with Crippen LogP contribution in [0.2, 0.25) is 0 Å². The van der Waals surface area contributed by atoms with Crippen LogP contribution in [0.25, 0.3) is 0 Å². The lowest BCUT2D eigenvalue weighted by Gasteiger charge is -2.22. The third-order valence-electron chi connectivity index (χ3n) is 2.96. The van der Waals surface area contributed by atoms with Crippen molar-refractivity contribution in [3.8, 4) is 0 Å². The van der Waals surface area contributed by atoms with Crippen molar-refractivity contribution in [1.29, 1.82) is 0 Å². The minimum absolute atomic E-state index is 0.260. The van der Waals surface area contributed by atoms with Crippen LogP contribution < -0.4 is 4.72 Å². The van der Waals surface area contributed by atoms with Gasteiger partial charge < -0.3 is 0 Å². The summed E-state index contributed by atoms with van der Waals surface area (Å²) in [6.07, 6.45) is 1.32. The number of nitrogens with one attached hydrogen (secondary N) is 1. The Morgan fingerprint density at radius 1 is 1.35 bits per heavy atom. The third kappa shape index (κ3) is 3.28. The SMILES string of the molecule is O=[N+]([O-])c1c(F)cccc1S(=O)(=O)NC1CCSCC1. The standard InChI is InChI=1S/C11H13FN2O4S2/c12-9-2-1-3-10(11(9)14(15)16)20(17,18)13-8-4-6-19-7-5-8/h1-3,8,13H,4-7H2. The van der Waals surface area contributed by atoms with Gasteiger partial charge in [-0.3, -0.25) is 10.1 Å². The average molecular weight is 320 g/mol. The lowest BCUT2D eigenvalue weighted by molar-refractivity contribution is -0.390. The fourth-order valence-electron chi connectivity index (χ4n) is 1.99. The molecule has 1 fully saturated rings. The molecule has 0 aliphatic carbocycles. The molecule has 20 heavy (non-hydrogen) atoms. The fourth-order valence-corrected chi connectivity index (χ4v) is 4.58. The lowest BCUT2D eigenvalue weighted by Crippen LogP contribution is -2.37. The fraction of sp³-hybridized carbons (Fsp3) is 0.455. The second-order valence-electron chi connectivity index (χ2n) is 4.35. The van der Waals surface area contributed by atoms with Gasteiger partial charge in [0.25, 0.3) is 0 Å². The van der Waals surface area contributed by atoms with Crippen LogP contribution in [0.5, 0.6) is 0 Å². The van der Waals surface area contributed by atoms with E-state index in [-0.39, 0.29) is 6.04 Å². The van der Waals surface area contributed by atoms with Crippen molar-refractivity contribution < 1.29 is 17.7 Å². The zero-order valence-electron chi connectivity index (χ0n) is 10.4. The van der Waals surface area contributed by atoms with Gasteiger partial charge in [-0.2, -0.15) is 16.2 Å². The summed E-state index contributed by atoms with van der Waals surface area (Å²) in [7, 11) is -4.10. The van der Waals surface area contributed by atoms with E-state index >= 15 is 0 Å². The normalized spacial score (nSPS) is 17.1. The molecule has 0 bridgehead atoms. The third-order valence-corrected chi connectivity index (χ3v) is 5.57. The number of halogens is 1. The average Bonchev–Trinajstić information content (AvgIpc) is 2.38. The van der Waals surface area contributed by atoms with Gasteiger partial charge in [-0.05, 0) is 36.5 Å². The van der Waals surface area contributed by atoms with Crippen molar-refractivity contribution in [3.05, 3.63) is 34.1 Å². The Balaban J connectivity index is 2.34. The Hall–Kier alpha value is -1.19. The van der Waals surface area contributed by atoms with E-state index in [2.05, 4.69) is 4.72 Å². The van der Waals surface area contributed by atoms with Gasteiger partial charge in [-0.1, -0.05) is 6.07 Å². The minimum atomic E-state index is -4.10.